The summed E-state index contributed by atoms with van der Waals surface area (Å²) in [6.07, 6.45) is 5.59. The summed E-state index contributed by atoms with van der Waals surface area (Å²) in [5, 5.41) is 15.8. The van der Waals surface area contributed by atoms with Crippen LogP contribution in [0.4, 0.5) is 5.00 Å². The third-order valence-electron chi connectivity index (χ3n) is 4.09. The van der Waals surface area contributed by atoms with Gasteiger partial charge in [-0.2, -0.15) is 0 Å². The number of nitrogens with one attached hydrogen (secondary N) is 1. The molecule has 1 amide bonds. The second-order valence-corrected chi connectivity index (χ2v) is 6.66. The SMILES string of the molecule is O=C(c1csc([N+](=O)[O-])c1)N(CC1CCCCN1)C1CC1. The number of hydrogen-bond acceptors (Lipinski definition) is 5. The molecule has 1 saturated heterocycles. The van der Waals surface area contributed by atoms with E-state index in [4.69, 9.17) is 0 Å². The molecule has 0 bridgehead atoms. The Kier molecular flexibility index (Phi) is 4.21. The lowest BCUT2D eigenvalue weighted by molar-refractivity contribution is -0.380. The summed E-state index contributed by atoms with van der Waals surface area (Å²) in [6.45, 7) is 1.73. The lowest BCUT2D eigenvalue weighted by atomic mass is 10.0. The summed E-state index contributed by atoms with van der Waals surface area (Å²) in [5.41, 5.74) is 0.453. The average Bonchev–Trinajstić information content (AvgIpc) is 3.20. The van der Waals surface area contributed by atoms with Crippen LogP contribution in [0.5, 0.6) is 0 Å². The first-order valence-electron chi connectivity index (χ1n) is 7.42. The normalized spacial score (nSPS) is 22.0. The summed E-state index contributed by atoms with van der Waals surface area (Å²) in [6, 6.07) is 2.08. The molecule has 2 aliphatic rings. The van der Waals surface area contributed by atoms with Crippen molar-refractivity contribution in [2.45, 2.75) is 44.2 Å². The van der Waals surface area contributed by atoms with Gasteiger partial charge in [-0.1, -0.05) is 17.8 Å². The smallest absolute Gasteiger partial charge is 0.324 e. The Morgan fingerprint density at radius 3 is 2.81 bits per heavy atom. The molecule has 1 atom stereocenters. The third kappa shape index (κ3) is 3.41. The maximum Gasteiger partial charge on any atom is 0.324 e. The van der Waals surface area contributed by atoms with E-state index in [-0.39, 0.29) is 10.9 Å². The number of carbonyl (C=O) groups excluding carboxylic acids is 1. The zero-order chi connectivity index (χ0) is 14.8. The van der Waals surface area contributed by atoms with E-state index in [9.17, 15) is 14.9 Å². The Hall–Kier alpha value is -1.47. The molecule has 0 aromatic carbocycles. The molecule has 1 N–H and O–H groups in total. The van der Waals surface area contributed by atoms with Gasteiger partial charge in [0.2, 0.25) is 0 Å². The first kappa shape index (κ1) is 14.5. The fourth-order valence-electron chi connectivity index (χ4n) is 2.80. The molecule has 2 fully saturated rings. The van der Waals surface area contributed by atoms with Crippen molar-refractivity contribution in [2.75, 3.05) is 13.1 Å². The number of piperidine rings is 1. The minimum absolute atomic E-state index is 0.0323. The molecule has 1 aromatic rings. The van der Waals surface area contributed by atoms with Gasteiger partial charge in [0.15, 0.2) is 0 Å². The van der Waals surface area contributed by atoms with Gasteiger partial charge < -0.3 is 10.2 Å². The maximum atomic E-state index is 12.6. The predicted molar refractivity (Wildman–Crippen MR) is 80.7 cm³/mol. The Bertz CT molecular complexity index is 535. The van der Waals surface area contributed by atoms with E-state index >= 15 is 0 Å². The van der Waals surface area contributed by atoms with Crippen LogP contribution in [0.1, 0.15) is 42.5 Å². The molecule has 0 spiro atoms. The molecule has 0 radical (unpaired) electrons. The first-order valence-corrected chi connectivity index (χ1v) is 8.30. The molecule has 1 saturated carbocycles. The van der Waals surface area contributed by atoms with Crippen molar-refractivity contribution in [2.24, 2.45) is 0 Å². The van der Waals surface area contributed by atoms with E-state index in [1.54, 1.807) is 5.38 Å². The highest BCUT2D eigenvalue weighted by Gasteiger charge is 2.35. The summed E-state index contributed by atoms with van der Waals surface area (Å²) in [5.74, 6) is -0.0609. The predicted octanol–water partition coefficient (Wildman–Crippen LogP) is 2.40. The molecular formula is C14H19N3O3S. The highest BCUT2D eigenvalue weighted by Crippen LogP contribution is 2.31. The van der Waals surface area contributed by atoms with E-state index in [1.807, 2.05) is 4.90 Å². The summed E-state index contributed by atoms with van der Waals surface area (Å²) in [4.78, 5) is 24.8. The molecule has 21 heavy (non-hydrogen) atoms. The summed E-state index contributed by atoms with van der Waals surface area (Å²) < 4.78 is 0. The molecule has 2 heterocycles. The van der Waals surface area contributed by atoms with Gasteiger partial charge in [-0.25, -0.2) is 0 Å². The van der Waals surface area contributed by atoms with E-state index in [0.717, 1.165) is 37.1 Å². The standard InChI is InChI=1S/C14H19N3O3S/c18-14(10-7-13(17(19)20)21-9-10)16(12-4-5-12)8-11-3-1-2-6-15-11/h7,9,11-12,15H,1-6,8H2. The number of hydrogen-bond donors (Lipinski definition) is 1. The van der Waals surface area contributed by atoms with Crippen molar-refractivity contribution in [3.05, 3.63) is 27.1 Å². The van der Waals surface area contributed by atoms with Crippen LogP contribution in [0.15, 0.2) is 11.4 Å². The van der Waals surface area contributed by atoms with Crippen LogP contribution >= 0.6 is 11.3 Å². The molecule has 1 aromatic heterocycles. The minimum Gasteiger partial charge on any atom is -0.334 e. The molecule has 6 nitrogen and oxygen atoms in total. The largest absolute Gasteiger partial charge is 0.334 e. The lowest BCUT2D eigenvalue weighted by Crippen LogP contribution is -2.46. The number of thiophene rings is 1. The van der Waals surface area contributed by atoms with E-state index in [0.29, 0.717) is 24.2 Å². The lowest BCUT2D eigenvalue weighted by Gasteiger charge is -2.30. The number of nitro groups is 1. The fourth-order valence-corrected chi connectivity index (χ4v) is 3.50. The molecule has 1 aliphatic carbocycles. The number of amides is 1. The van der Waals surface area contributed by atoms with E-state index in [2.05, 4.69) is 5.32 Å². The highest BCUT2D eigenvalue weighted by molar-refractivity contribution is 7.13. The van der Waals surface area contributed by atoms with Crippen molar-refractivity contribution in [1.82, 2.24) is 10.2 Å². The van der Waals surface area contributed by atoms with Crippen LogP contribution in [0.2, 0.25) is 0 Å². The Morgan fingerprint density at radius 2 is 2.24 bits per heavy atom. The van der Waals surface area contributed by atoms with Gasteiger partial charge >= 0.3 is 5.00 Å². The molecule has 7 heteroatoms. The highest BCUT2D eigenvalue weighted by atomic mass is 32.1. The van der Waals surface area contributed by atoms with Crippen LogP contribution in [0.25, 0.3) is 0 Å². The number of nitrogens with zero attached hydrogens (tertiary/aromatic N) is 2. The van der Waals surface area contributed by atoms with Gasteiger partial charge in [0, 0.05) is 30.1 Å². The van der Waals surface area contributed by atoms with Gasteiger partial charge in [-0.3, -0.25) is 14.9 Å². The van der Waals surface area contributed by atoms with Gasteiger partial charge in [0.1, 0.15) is 0 Å². The maximum absolute atomic E-state index is 12.6. The van der Waals surface area contributed by atoms with E-state index < -0.39 is 4.92 Å². The molecule has 1 aliphatic heterocycles. The summed E-state index contributed by atoms with van der Waals surface area (Å²) in [7, 11) is 0. The fraction of sp³-hybridized carbons (Fsp3) is 0.643. The van der Waals surface area contributed by atoms with Crippen molar-refractivity contribution < 1.29 is 9.72 Å². The van der Waals surface area contributed by atoms with Crippen LogP contribution < -0.4 is 5.32 Å². The Morgan fingerprint density at radius 1 is 1.43 bits per heavy atom. The Balaban J connectivity index is 1.70. The zero-order valence-electron chi connectivity index (χ0n) is 11.8. The van der Waals surface area contributed by atoms with Gasteiger partial charge in [0.25, 0.3) is 5.91 Å². The zero-order valence-corrected chi connectivity index (χ0v) is 12.6. The van der Waals surface area contributed by atoms with Crippen molar-refractivity contribution >= 4 is 22.2 Å². The van der Waals surface area contributed by atoms with Crippen molar-refractivity contribution in [3.8, 4) is 0 Å². The summed E-state index contributed by atoms with van der Waals surface area (Å²) >= 11 is 1.02. The average molecular weight is 309 g/mol. The van der Waals surface area contributed by atoms with Crippen LogP contribution in [0.3, 0.4) is 0 Å². The van der Waals surface area contributed by atoms with Crippen LogP contribution in [0, 0.1) is 10.1 Å². The first-order chi connectivity index (χ1) is 10.1. The van der Waals surface area contributed by atoms with Crippen molar-refractivity contribution in [1.29, 1.82) is 0 Å². The van der Waals surface area contributed by atoms with Crippen molar-refractivity contribution in [3.63, 3.8) is 0 Å². The second kappa shape index (κ2) is 6.11. The number of carbonyl (C=O) groups is 1. The monoisotopic (exact) mass is 309 g/mol. The van der Waals surface area contributed by atoms with Crippen LogP contribution in [-0.4, -0.2) is 40.9 Å². The van der Waals surface area contributed by atoms with Crippen LogP contribution in [-0.2, 0) is 0 Å². The minimum atomic E-state index is -0.439. The second-order valence-electron chi connectivity index (χ2n) is 5.77. The van der Waals surface area contributed by atoms with E-state index in [1.165, 1.54) is 18.9 Å². The third-order valence-corrected chi connectivity index (χ3v) is 4.97. The molecule has 114 valence electrons. The van der Waals surface area contributed by atoms with Gasteiger partial charge in [0.05, 0.1) is 10.5 Å². The topological polar surface area (TPSA) is 75.5 Å². The Labute approximate surface area is 127 Å². The quantitative estimate of drug-likeness (QED) is 0.669. The molecule has 3 rings (SSSR count). The van der Waals surface area contributed by atoms with Gasteiger partial charge in [-0.15, -0.1) is 0 Å². The molecular weight excluding hydrogens is 290 g/mol. The molecule has 1 unspecified atom stereocenters. The van der Waals surface area contributed by atoms with Gasteiger partial charge in [-0.05, 0) is 32.2 Å². The number of rotatable bonds is 5.